The van der Waals surface area contributed by atoms with Crippen molar-refractivity contribution in [2.24, 2.45) is 5.92 Å². The summed E-state index contributed by atoms with van der Waals surface area (Å²) in [5, 5.41) is 1.00. The predicted octanol–water partition coefficient (Wildman–Crippen LogP) is 4.38. The average Bonchev–Trinajstić information content (AvgIpc) is 3.49. The van der Waals surface area contributed by atoms with Crippen molar-refractivity contribution in [3.8, 4) is 0 Å². The quantitative estimate of drug-likeness (QED) is 0.493. The second-order valence-electron chi connectivity index (χ2n) is 8.95. The number of nitrogens with zero attached hydrogens (tertiary/aromatic N) is 4. The summed E-state index contributed by atoms with van der Waals surface area (Å²) >= 11 is 8.72. The number of rotatable bonds is 4. The van der Waals surface area contributed by atoms with E-state index in [0.717, 1.165) is 35.1 Å². The number of thiazole rings is 1. The van der Waals surface area contributed by atoms with E-state index in [1.807, 2.05) is 4.90 Å². The van der Waals surface area contributed by atoms with Gasteiger partial charge in [0.25, 0.3) is 10.0 Å². The maximum absolute atomic E-state index is 13.3. The van der Waals surface area contributed by atoms with E-state index in [2.05, 4.69) is 30.9 Å². The van der Waals surface area contributed by atoms with Gasteiger partial charge in [0.2, 0.25) is 5.91 Å². The Hall–Kier alpha value is -1.72. The van der Waals surface area contributed by atoms with Gasteiger partial charge >= 0.3 is 0 Å². The molecule has 0 saturated carbocycles. The van der Waals surface area contributed by atoms with Crippen molar-refractivity contribution in [1.29, 1.82) is 0 Å². The number of hydrogen-bond acceptors (Lipinski definition) is 7. The van der Waals surface area contributed by atoms with E-state index in [1.165, 1.54) is 26.2 Å². The second kappa shape index (κ2) is 9.39. The fraction of sp³-hybridized carbons (Fsp3) is 0.478. The summed E-state index contributed by atoms with van der Waals surface area (Å²) in [6.45, 7) is 7.56. The summed E-state index contributed by atoms with van der Waals surface area (Å²) in [5.74, 6) is -0.252. The summed E-state index contributed by atoms with van der Waals surface area (Å²) in [6.07, 6.45) is 1.39. The number of thiophene rings is 1. The number of amides is 1. The first-order valence-electron chi connectivity index (χ1n) is 11.4. The third kappa shape index (κ3) is 4.46. The number of piperidine rings is 1. The molecule has 2 saturated heterocycles. The summed E-state index contributed by atoms with van der Waals surface area (Å²) in [5.41, 5.74) is 3.48. The van der Waals surface area contributed by atoms with Crippen LogP contribution in [0.25, 0.3) is 10.2 Å². The zero-order valence-electron chi connectivity index (χ0n) is 19.2. The predicted molar refractivity (Wildman–Crippen MR) is 139 cm³/mol. The molecule has 1 amide bonds. The molecule has 0 N–H and O–H groups in total. The molecular weight excluding hydrogens is 512 g/mol. The van der Waals surface area contributed by atoms with Gasteiger partial charge in [0.05, 0.1) is 20.5 Å². The molecule has 1 aromatic carbocycles. The lowest BCUT2D eigenvalue weighted by atomic mass is 9.98. The van der Waals surface area contributed by atoms with Gasteiger partial charge in [-0.25, -0.2) is 13.4 Å². The van der Waals surface area contributed by atoms with Crippen LogP contribution in [-0.2, 0) is 14.8 Å². The molecule has 1 unspecified atom stereocenters. The lowest BCUT2D eigenvalue weighted by Crippen LogP contribution is -2.53. The van der Waals surface area contributed by atoms with Gasteiger partial charge in [-0.3, -0.25) is 4.79 Å². The largest absolute Gasteiger partial charge is 0.345 e. The highest BCUT2D eigenvalue weighted by molar-refractivity contribution is 7.91. The monoisotopic (exact) mass is 538 g/mol. The van der Waals surface area contributed by atoms with Crippen LogP contribution in [0.5, 0.6) is 0 Å². The molecule has 7 nitrogen and oxygen atoms in total. The molecule has 2 aromatic heterocycles. The fourth-order valence-electron chi connectivity index (χ4n) is 4.69. The molecule has 3 aromatic rings. The van der Waals surface area contributed by atoms with Crippen LogP contribution in [0.4, 0.5) is 5.13 Å². The van der Waals surface area contributed by atoms with E-state index in [9.17, 15) is 13.2 Å². The Kier molecular flexibility index (Phi) is 6.62. The average molecular weight is 539 g/mol. The van der Waals surface area contributed by atoms with Crippen molar-refractivity contribution < 1.29 is 13.2 Å². The van der Waals surface area contributed by atoms with Gasteiger partial charge in [-0.1, -0.05) is 35.1 Å². The van der Waals surface area contributed by atoms with Crippen LogP contribution >= 0.6 is 34.3 Å². The van der Waals surface area contributed by atoms with E-state index < -0.39 is 10.0 Å². The number of carbonyl (C=O) groups is 1. The Bertz CT molecular complexity index is 1290. The molecule has 0 radical (unpaired) electrons. The molecule has 11 heteroatoms. The second-order valence-corrected chi connectivity index (χ2v) is 13.8. The van der Waals surface area contributed by atoms with Gasteiger partial charge in [0.15, 0.2) is 5.13 Å². The molecular formula is C23H27ClN4O3S3. The van der Waals surface area contributed by atoms with Crippen LogP contribution in [0, 0.1) is 19.8 Å². The molecule has 1 atom stereocenters. The van der Waals surface area contributed by atoms with E-state index >= 15 is 0 Å². The van der Waals surface area contributed by atoms with Crippen molar-refractivity contribution in [2.75, 3.05) is 44.2 Å². The SMILES string of the molecule is Cc1ccc(C)c2sc(N3CCN(C(=O)C4CCCN(S(=O)(=O)c5ccc(Cl)s5)C4)CC3)nc12. The van der Waals surface area contributed by atoms with Gasteiger partial charge in [0.1, 0.15) is 4.21 Å². The van der Waals surface area contributed by atoms with Crippen LogP contribution in [0.3, 0.4) is 0 Å². The van der Waals surface area contributed by atoms with Gasteiger partial charge < -0.3 is 9.80 Å². The lowest BCUT2D eigenvalue weighted by molar-refractivity contribution is -0.137. The first-order chi connectivity index (χ1) is 16.2. The topological polar surface area (TPSA) is 73.8 Å². The van der Waals surface area contributed by atoms with E-state index in [1.54, 1.807) is 17.4 Å². The summed E-state index contributed by atoms with van der Waals surface area (Å²) < 4.78 is 29.4. The Morgan fingerprint density at radius 1 is 1.03 bits per heavy atom. The molecule has 34 heavy (non-hydrogen) atoms. The molecule has 2 aliphatic heterocycles. The van der Waals surface area contributed by atoms with Crippen LogP contribution in [0.15, 0.2) is 28.5 Å². The van der Waals surface area contributed by atoms with Gasteiger partial charge in [-0.15, -0.1) is 11.3 Å². The molecule has 0 bridgehead atoms. The van der Waals surface area contributed by atoms with E-state index in [4.69, 9.17) is 16.6 Å². The summed E-state index contributed by atoms with van der Waals surface area (Å²) in [4.78, 5) is 22.3. The van der Waals surface area contributed by atoms with E-state index in [-0.39, 0.29) is 22.6 Å². The van der Waals surface area contributed by atoms with Crippen molar-refractivity contribution in [3.05, 3.63) is 39.7 Å². The molecule has 0 aliphatic carbocycles. The minimum Gasteiger partial charge on any atom is -0.345 e. The van der Waals surface area contributed by atoms with Crippen molar-refractivity contribution in [1.82, 2.24) is 14.2 Å². The minimum absolute atomic E-state index is 0.0553. The Morgan fingerprint density at radius 3 is 2.44 bits per heavy atom. The molecule has 5 rings (SSSR count). The van der Waals surface area contributed by atoms with E-state index in [0.29, 0.717) is 36.8 Å². The van der Waals surface area contributed by atoms with Gasteiger partial charge in [0, 0.05) is 39.3 Å². The number of halogens is 1. The summed E-state index contributed by atoms with van der Waals surface area (Å²) in [6, 6.07) is 7.38. The standard InChI is InChI=1S/C23H27ClN4O3S3/c1-15-5-6-16(2)21-20(15)25-23(33-21)27-12-10-26(11-13-27)22(29)17-4-3-9-28(14-17)34(30,31)19-8-7-18(24)32-19/h5-8,17H,3-4,9-14H2,1-2H3. The summed E-state index contributed by atoms with van der Waals surface area (Å²) in [7, 11) is -3.62. The smallest absolute Gasteiger partial charge is 0.252 e. The Balaban J connectivity index is 1.23. The van der Waals surface area contributed by atoms with Gasteiger partial charge in [-0.05, 0) is 49.9 Å². The number of anilines is 1. The Labute approximate surface area is 213 Å². The lowest BCUT2D eigenvalue weighted by Gasteiger charge is -2.38. The molecule has 2 aliphatic rings. The Morgan fingerprint density at radius 2 is 1.76 bits per heavy atom. The molecule has 0 spiro atoms. The number of carbonyl (C=O) groups excluding carboxylic acids is 1. The number of aryl methyl sites for hydroxylation is 2. The zero-order valence-corrected chi connectivity index (χ0v) is 22.4. The normalized spacial score (nSPS) is 20.3. The van der Waals surface area contributed by atoms with Crippen molar-refractivity contribution in [2.45, 2.75) is 30.9 Å². The molecule has 182 valence electrons. The zero-order chi connectivity index (χ0) is 24.0. The number of fused-ring (bicyclic) bond motifs is 1. The minimum atomic E-state index is -3.62. The number of benzene rings is 1. The van der Waals surface area contributed by atoms with Crippen LogP contribution < -0.4 is 4.90 Å². The molecule has 2 fully saturated rings. The van der Waals surface area contributed by atoms with Crippen LogP contribution in [0.1, 0.15) is 24.0 Å². The number of aromatic nitrogens is 1. The molecule has 4 heterocycles. The number of hydrogen-bond donors (Lipinski definition) is 0. The van der Waals surface area contributed by atoms with Crippen LogP contribution in [0.2, 0.25) is 4.34 Å². The number of sulfonamides is 1. The maximum atomic E-state index is 13.3. The third-order valence-corrected chi connectivity index (χ3v) is 11.5. The van der Waals surface area contributed by atoms with Crippen molar-refractivity contribution >= 4 is 65.6 Å². The highest BCUT2D eigenvalue weighted by Gasteiger charge is 2.36. The fourth-order valence-corrected chi connectivity index (χ4v) is 9.01. The maximum Gasteiger partial charge on any atom is 0.252 e. The van der Waals surface area contributed by atoms with Crippen LogP contribution in [-0.4, -0.2) is 67.8 Å². The van der Waals surface area contributed by atoms with Gasteiger partial charge in [-0.2, -0.15) is 4.31 Å². The first-order valence-corrected chi connectivity index (χ1v) is 14.8. The highest BCUT2D eigenvalue weighted by Crippen LogP contribution is 2.34. The number of piperazine rings is 1. The van der Waals surface area contributed by atoms with Crippen molar-refractivity contribution in [3.63, 3.8) is 0 Å². The first kappa shape index (κ1) is 24.0. The third-order valence-electron chi connectivity index (χ3n) is 6.67. The highest BCUT2D eigenvalue weighted by atomic mass is 35.5.